The molecule has 4 heteroatoms. The quantitative estimate of drug-likeness (QED) is 0.577. The molecular formula is C6H10ClN3. The molecular weight excluding hydrogens is 150 g/mol. The third kappa shape index (κ3) is 1.29. The first-order valence-corrected chi connectivity index (χ1v) is 3.46. The molecule has 3 nitrogen and oxygen atoms in total. The van der Waals surface area contributed by atoms with Crippen LogP contribution in [-0.4, -0.2) is 15.0 Å². The highest BCUT2D eigenvalue weighted by Gasteiger charge is 2.16. The Morgan fingerprint density at radius 1 is 1.50 bits per heavy atom. The lowest BCUT2D eigenvalue weighted by Gasteiger charge is -2.18. The topological polar surface area (TPSA) is 30.7 Å². The number of aromatic nitrogens is 3. The lowest BCUT2D eigenvalue weighted by atomic mass is 10.1. The Labute approximate surface area is 65.0 Å². The first-order valence-electron chi connectivity index (χ1n) is 3.08. The first kappa shape index (κ1) is 7.54. The van der Waals surface area contributed by atoms with Crippen LogP contribution in [0.5, 0.6) is 0 Å². The van der Waals surface area contributed by atoms with Crippen molar-refractivity contribution in [3.8, 4) is 0 Å². The maximum atomic E-state index is 5.76. The van der Waals surface area contributed by atoms with Gasteiger partial charge in [0.15, 0.2) is 0 Å². The van der Waals surface area contributed by atoms with E-state index in [1.54, 1.807) is 4.68 Å². The molecule has 0 unspecified atom stereocenters. The van der Waals surface area contributed by atoms with Crippen LogP contribution >= 0.6 is 11.6 Å². The van der Waals surface area contributed by atoms with E-state index in [0.29, 0.717) is 5.15 Å². The molecule has 0 fully saturated rings. The molecule has 0 radical (unpaired) electrons. The van der Waals surface area contributed by atoms with Crippen molar-refractivity contribution >= 4 is 11.6 Å². The second-order valence-electron chi connectivity index (χ2n) is 3.14. The van der Waals surface area contributed by atoms with Gasteiger partial charge in [-0.05, 0) is 20.8 Å². The van der Waals surface area contributed by atoms with Gasteiger partial charge in [0, 0.05) is 0 Å². The minimum Gasteiger partial charge on any atom is -0.229 e. The Kier molecular flexibility index (Phi) is 1.68. The van der Waals surface area contributed by atoms with E-state index in [-0.39, 0.29) is 5.54 Å². The molecule has 1 heterocycles. The molecule has 0 aliphatic heterocycles. The Morgan fingerprint density at radius 3 is 2.30 bits per heavy atom. The molecule has 0 bridgehead atoms. The summed E-state index contributed by atoms with van der Waals surface area (Å²) >= 11 is 5.76. The normalized spacial score (nSPS) is 12.0. The number of nitrogens with zero attached hydrogens (tertiary/aromatic N) is 3. The van der Waals surface area contributed by atoms with Crippen molar-refractivity contribution in [2.45, 2.75) is 26.3 Å². The zero-order valence-corrected chi connectivity index (χ0v) is 7.05. The Hall–Kier alpha value is -0.570. The van der Waals surface area contributed by atoms with Gasteiger partial charge in [0.1, 0.15) is 5.15 Å². The van der Waals surface area contributed by atoms with E-state index < -0.39 is 0 Å². The van der Waals surface area contributed by atoms with Crippen LogP contribution in [0.2, 0.25) is 5.15 Å². The van der Waals surface area contributed by atoms with Crippen LogP contribution in [0.15, 0.2) is 6.20 Å². The summed E-state index contributed by atoms with van der Waals surface area (Å²) in [5.74, 6) is 0. The van der Waals surface area contributed by atoms with Crippen LogP contribution < -0.4 is 0 Å². The van der Waals surface area contributed by atoms with Crippen molar-refractivity contribution in [3.05, 3.63) is 11.3 Å². The summed E-state index contributed by atoms with van der Waals surface area (Å²) in [7, 11) is 0. The van der Waals surface area contributed by atoms with Gasteiger partial charge in [-0.25, -0.2) is 4.68 Å². The molecule has 0 atom stereocenters. The minimum absolute atomic E-state index is 0.0758. The third-order valence-corrected chi connectivity index (χ3v) is 1.40. The van der Waals surface area contributed by atoms with E-state index in [9.17, 15) is 0 Å². The molecule has 0 aromatic carbocycles. The second kappa shape index (κ2) is 2.23. The van der Waals surface area contributed by atoms with Crippen molar-refractivity contribution < 1.29 is 0 Å². The Morgan fingerprint density at radius 2 is 2.10 bits per heavy atom. The molecule has 0 spiro atoms. The van der Waals surface area contributed by atoms with Gasteiger partial charge in [-0.2, -0.15) is 0 Å². The van der Waals surface area contributed by atoms with Crippen LogP contribution in [0.25, 0.3) is 0 Å². The molecule has 0 N–H and O–H groups in total. The van der Waals surface area contributed by atoms with E-state index in [4.69, 9.17) is 11.6 Å². The number of halogens is 1. The molecule has 0 aliphatic rings. The molecule has 0 amide bonds. The van der Waals surface area contributed by atoms with Crippen LogP contribution in [0.4, 0.5) is 0 Å². The second-order valence-corrected chi connectivity index (χ2v) is 3.53. The molecule has 10 heavy (non-hydrogen) atoms. The Balaban J connectivity index is 3.05. The van der Waals surface area contributed by atoms with Crippen LogP contribution in [-0.2, 0) is 5.54 Å². The summed E-state index contributed by atoms with van der Waals surface area (Å²) in [6.45, 7) is 6.06. The third-order valence-electron chi connectivity index (χ3n) is 1.14. The number of hydrogen-bond acceptors (Lipinski definition) is 2. The summed E-state index contributed by atoms with van der Waals surface area (Å²) in [6, 6.07) is 0. The fraction of sp³-hybridized carbons (Fsp3) is 0.667. The van der Waals surface area contributed by atoms with Crippen molar-refractivity contribution in [2.24, 2.45) is 0 Å². The van der Waals surface area contributed by atoms with Crippen LogP contribution in [0, 0.1) is 0 Å². The van der Waals surface area contributed by atoms with Gasteiger partial charge < -0.3 is 0 Å². The summed E-state index contributed by atoms with van der Waals surface area (Å²) in [5, 5.41) is 8.07. The lowest BCUT2D eigenvalue weighted by molar-refractivity contribution is 0.347. The standard InChI is InChI=1S/C6H10ClN3/c1-6(2,3)10-5(7)4-8-9-10/h4H,1-3H3. The summed E-state index contributed by atoms with van der Waals surface area (Å²) in [5.41, 5.74) is -0.0758. The average molecular weight is 160 g/mol. The summed E-state index contributed by atoms with van der Waals surface area (Å²) in [4.78, 5) is 0. The van der Waals surface area contributed by atoms with Gasteiger partial charge >= 0.3 is 0 Å². The average Bonchev–Trinajstić information content (AvgIpc) is 2.11. The van der Waals surface area contributed by atoms with Crippen molar-refractivity contribution in [2.75, 3.05) is 0 Å². The van der Waals surface area contributed by atoms with Crippen LogP contribution in [0.3, 0.4) is 0 Å². The molecule has 1 rings (SSSR count). The highest BCUT2D eigenvalue weighted by Crippen LogP contribution is 2.17. The zero-order valence-electron chi connectivity index (χ0n) is 6.30. The largest absolute Gasteiger partial charge is 0.229 e. The van der Waals surface area contributed by atoms with E-state index in [2.05, 4.69) is 10.3 Å². The smallest absolute Gasteiger partial charge is 0.147 e. The minimum atomic E-state index is -0.0758. The highest BCUT2D eigenvalue weighted by atomic mass is 35.5. The predicted octanol–water partition coefficient (Wildman–Crippen LogP) is 1.69. The molecule has 56 valence electrons. The van der Waals surface area contributed by atoms with Gasteiger partial charge in [0.25, 0.3) is 0 Å². The zero-order chi connectivity index (χ0) is 7.78. The monoisotopic (exact) mass is 159 g/mol. The van der Waals surface area contributed by atoms with E-state index in [1.165, 1.54) is 6.20 Å². The number of hydrogen-bond donors (Lipinski definition) is 0. The van der Waals surface area contributed by atoms with Gasteiger partial charge in [-0.3, -0.25) is 0 Å². The predicted molar refractivity (Wildman–Crippen MR) is 40.0 cm³/mol. The van der Waals surface area contributed by atoms with Gasteiger partial charge in [-0.15, -0.1) is 5.10 Å². The molecule has 0 aliphatic carbocycles. The van der Waals surface area contributed by atoms with Gasteiger partial charge in [-0.1, -0.05) is 16.8 Å². The molecule has 0 saturated carbocycles. The lowest BCUT2D eigenvalue weighted by Crippen LogP contribution is -2.23. The SMILES string of the molecule is CC(C)(C)n1nncc1Cl. The first-order chi connectivity index (χ1) is 4.52. The summed E-state index contributed by atoms with van der Waals surface area (Å²) < 4.78 is 1.68. The Bertz CT molecular complexity index is 223. The molecule has 1 aromatic heterocycles. The van der Waals surface area contributed by atoms with Crippen molar-refractivity contribution in [1.29, 1.82) is 0 Å². The van der Waals surface area contributed by atoms with Gasteiger partial charge in [0.05, 0.1) is 11.7 Å². The fourth-order valence-corrected chi connectivity index (χ4v) is 1.01. The number of rotatable bonds is 0. The molecule has 0 saturated heterocycles. The highest BCUT2D eigenvalue weighted by molar-refractivity contribution is 6.29. The van der Waals surface area contributed by atoms with Crippen molar-refractivity contribution in [3.63, 3.8) is 0 Å². The maximum Gasteiger partial charge on any atom is 0.147 e. The van der Waals surface area contributed by atoms with E-state index in [1.807, 2.05) is 20.8 Å². The van der Waals surface area contributed by atoms with Crippen molar-refractivity contribution in [1.82, 2.24) is 15.0 Å². The fourth-order valence-electron chi connectivity index (χ4n) is 0.677. The van der Waals surface area contributed by atoms with Crippen LogP contribution in [0.1, 0.15) is 20.8 Å². The maximum absolute atomic E-state index is 5.76. The van der Waals surface area contributed by atoms with Gasteiger partial charge in [0.2, 0.25) is 0 Å². The van der Waals surface area contributed by atoms with E-state index >= 15 is 0 Å². The molecule has 1 aromatic rings. The van der Waals surface area contributed by atoms with E-state index in [0.717, 1.165) is 0 Å². The summed E-state index contributed by atoms with van der Waals surface area (Å²) in [6.07, 6.45) is 1.53.